The molecule has 0 aliphatic carbocycles. The quantitative estimate of drug-likeness (QED) is 0.107. The van der Waals surface area contributed by atoms with Crippen molar-refractivity contribution in [1.82, 2.24) is 39.9 Å². The van der Waals surface area contributed by atoms with Crippen molar-refractivity contribution in [3.05, 3.63) is 122 Å². The summed E-state index contributed by atoms with van der Waals surface area (Å²) in [7, 11) is -1.08. The average molecular weight is 651 g/mol. The third kappa shape index (κ3) is 6.90. The van der Waals surface area contributed by atoms with Crippen molar-refractivity contribution in [2.24, 2.45) is 0 Å². The van der Waals surface area contributed by atoms with Crippen LogP contribution in [0.5, 0.6) is 0 Å². The first-order valence-corrected chi connectivity index (χ1v) is 19.8. The average Bonchev–Trinajstić information content (AvgIpc) is 3.94. The molecule has 8 aromatic rings. The van der Waals surface area contributed by atoms with Gasteiger partial charge in [0.1, 0.15) is 18.1 Å². The number of H-pyrrole nitrogens is 3. The number of aromatic amines is 3. The van der Waals surface area contributed by atoms with Crippen LogP contribution in [0.3, 0.4) is 0 Å². The summed E-state index contributed by atoms with van der Waals surface area (Å²) in [5.41, 5.74) is 10.7. The summed E-state index contributed by atoms with van der Waals surface area (Å²) in [6.45, 7) is 8.46. The molecule has 0 saturated heterocycles. The lowest BCUT2D eigenvalue weighted by atomic mass is 10.0. The zero-order chi connectivity index (χ0) is 32.9. The van der Waals surface area contributed by atoms with Crippen LogP contribution in [-0.4, -0.2) is 54.6 Å². The fourth-order valence-electron chi connectivity index (χ4n) is 5.64. The minimum atomic E-state index is -1.08. The molecule has 10 heteroatoms. The van der Waals surface area contributed by atoms with Gasteiger partial charge in [0.2, 0.25) is 0 Å². The molecular formula is C38H38N8OSi. The van der Waals surface area contributed by atoms with Crippen LogP contribution in [0.1, 0.15) is 0 Å². The molecule has 3 N–H and O–H groups in total. The molecule has 0 fully saturated rings. The SMILES string of the molecule is C[Si](C)(C)CCOCn1cccc1-c1n[nH]c2ccc(-c3ccncc3)cc12.c1c[nH]c(-c2n[nH]c3ccc(-c4ccncc4)cc23)c1. The first-order chi connectivity index (χ1) is 23.4. The molecule has 8 rings (SSSR count). The van der Waals surface area contributed by atoms with Gasteiger partial charge in [0.25, 0.3) is 0 Å². The summed E-state index contributed by atoms with van der Waals surface area (Å²) in [5, 5.41) is 17.4. The van der Waals surface area contributed by atoms with Crippen LogP contribution in [-0.2, 0) is 11.5 Å². The molecular weight excluding hydrogens is 613 g/mol. The van der Waals surface area contributed by atoms with Gasteiger partial charge in [-0.25, -0.2) is 0 Å². The second-order valence-corrected chi connectivity index (χ2v) is 18.6. The van der Waals surface area contributed by atoms with E-state index in [-0.39, 0.29) is 0 Å². The number of benzene rings is 2. The predicted molar refractivity (Wildman–Crippen MR) is 196 cm³/mol. The third-order valence-electron chi connectivity index (χ3n) is 8.30. The Labute approximate surface area is 280 Å². The number of nitrogens with zero attached hydrogens (tertiary/aromatic N) is 5. The Balaban J connectivity index is 0.000000160. The number of hydrogen-bond donors (Lipinski definition) is 3. The van der Waals surface area contributed by atoms with E-state index in [0.717, 1.165) is 73.4 Å². The number of rotatable bonds is 9. The molecule has 9 nitrogen and oxygen atoms in total. The Hall–Kier alpha value is -5.58. The minimum absolute atomic E-state index is 0.547. The van der Waals surface area contributed by atoms with Crippen LogP contribution < -0.4 is 0 Å². The molecule has 0 amide bonds. The summed E-state index contributed by atoms with van der Waals surface area (Å²) in [4.78, 5) is 11.4. The Kier molecular flexibility index (Phi) is 8.82. The van der Waals surface area contributed by atoms with E-state index in [9.17, 15) is 0 Å². The standard InChI is InChI=1S/C22H26N4OSi.C16H12N4/c1-28(2,3)14-13-27-16-26-12-4-5-21(26)22-19-15-18(6-7-20(19)24-25-22)17-8-10-23-11-9-17;1-2-15(18-7-1)16-13-10-12(3-4-14(13)19-20-16)11-5-8-17-9-6-11/h4-12,15H,13-14,16H2,1-3H3,(H,24,25);1-10,18H,(H,19,20). The van der Waals surface area contributed by atoms with Gasteiger partial charge in [-0.05, 0) is 101 Å². The van der Waals surface area contributed by atoms with Crippen LogP contribution in [0.25, 0.3) is 66.8 Å². The molecule has 0 aliphatic rings. The van der Waals surface area contributed by atoms with Crippen LogP contribution >= 0.6 is 0 Å². The Morgan fingerprint density at radius 1 is 0.667 bits per heavy atom. The maximum absolute atomic E-state index is 5.95. The molecule has 6 aromatic heterocycles. The highest BCUT2D eigenvalue weighted by Gasteiger charge is 2.15. The molecule has 2 aromatic carbocycles. The number of ether oxygens (including phenoxy) is 1. The third-order valence-corrected chi connectivity index (χ3v) is 10.0. The van der Waals surface area contributed by atoms with Crippen molar-refractivity contribution >= 4 is 29.9 Å². The van der Waals surface area contributed by atoms with E-state index < -0.39 is 8.07 Å². The van der Waals surface area contributed by atoms with Gasteiger partial charge in [0.05, 0.1) is 22.4 Å². The van der Waals surface area contributed by atoms with Crippen LogP contribution in [0, 0.1) is 0 Å². The molecule has 0 spiro atoms. The smallest absolute Gasteiger partial charge is 0.122 e. The van der Waals surface area contributed by atoms with Gasteiger partial charge in [-0.3, -0.25) is 20.2 Å². The van der Waals surface area contributed by atoms with E-state index in [1.807, 2.05) is 61.1 Å². The van der Waals surface area contributed by atoms with Gasteiger partial charge >= 0.3 is 0 Å². The van der Waals surface area contributed by atoms with Crippen molar-refractivity contribution in [1.29, 1.82) is 0 Å². The van der Waals surface area contributed by atoms with Gasteiger partial charge < -0.3 is 14.3 Å². The number of fused-ring (bicyclic) bond motifs is 2. The first kappa shape index (κ1) is 31.0. The number of nitrogens with one attached hydrogen (secondary N) is 3. The summed E-state index contributed by atoms with van der Waals surface area (Å²) < 4.78 is 8.07. The zero-order valence-electron chi connectivity index (χ0n) is 27.3. The van der Waals surface area contributed by atoms with Crippen LogP contribution in [0.15, 0.2) is 122 Å². The summed E-state index contributed by atoms with van der Waals surface area (Å²) >= 11 is 0. The number of aromatic nitrogens is 8. The van der Waals surface area contributed by atoms with Gasteiger partial charge in [0.15, 0.2) is 0 Å². The van der Waals surface area contributed by atoms with E-state index >= 15 is 0 Å². The highest BCUT2D eigenvalue weighted by atomic mass is 28.3. The highest BCUT2D eigenvalue weighted by molar-refractivity contribution is 6.76. The van der Waals surface area contributed by atoms with E-state index in [1.165, 1.54) is 6.04 Å². The van der Waals surface area contributed by atoms with Crippen molar-refractivity contribution in [2.75, 3.05) is 6.61 Å². The molecule has 0 unspecified atom stereocenters. The lowest BCUT2D eigenvalue weighted by Crippen LogP contribution is -2.22. The minimum Gasteiger partial charge on any atom is -0.361 e. The summed E-state index contributed by atoms with van der Waals surface area (Å²) in [5.74, 6) is 0. The molecule has 0 saturated carbocycles. The first-order valence-electron chi connectivity index (χ1n) is 16.1. The molecule has 0 bridgehead atoms. The van der Waals surface area contributed by atoms with E-state index in [2.05, 4.69) is 108 Å². The second-order valence-electron chi connectivity index (χ2n) is 12.9. The Bertz CT molecular complexity index is 2230. The van der Waals surface area contributed by atoms with Crippen molar-refractivity contribution in [3.8, 4) is 45.0 Å². The number of hydrogen-bond acceptors (Lipinski definition) is 5. The molecule has 48 heavy (non-hydrogen) atoms. The van der Waals surface area contributed by atoms with E-state index in [0.29, 0.717) is 6.73 Å². The topological polar surface area (TPSA) is 113 Å². The van der Waals surface area contributed by atoms with Gasteiger partial charge in [0, 0.05) is 62.6 Å². The van der Waals surface area contributed by atoms with Gasteiger partial charge in [-0.15, -0.1) is 0 Å². The Morgan fingerprint density at radius 3 is 1.85 bits per heavy atom. The van der Waals surface area contributed by atoms with Crippen molar-refractivity contribution in [2.45, 2.75) is 32.4 Å². The normalized spacial score (nSPS) is 11.6. The summed E-state index contributed by atoms with van der Waals surface area (Å²) in [6.07, 6.45) is 11.2. The van der Waals surface area contributed by atoms with Crippen LogP contribution in [0.2, 0.25) is 25.7 Å². The molecule has 0 aliphatic heterocycles. The molecule has 0 radical (unpaired) electrons. The molecule has 0 atom stereocenters. The monoisotopic (exact) mass is 650 g/mol. The summed E-state index contributed by atoms with van der Waals surface area (Å²) in [6, 6.07) is 30.1. The number of pyridine rings is 2. The maximum Gasteiger partial charge on any atom is 0.122 e. The van der Waals surface area contributed by atoms with Gasteiger partial charge in [-0.1, -0.05) is 31.8 Å². The highest BCUT2D eigenvalue weighted by Crippen LogP contribution is 2.31. The Morgan fingerprint density at radius 2 is 1.27 bits per heavy atom. The van der Waals surface area contributed by atoms with Crippen molar-refractivity contribution < 1.29 is 4.74 Å². The lowest BCUT2D eigenvalue weighted by Gasteiger charge is -2.16. The lowest BCUT2D eigenvalue weighted by molar-refractivity contribution is 0.0885. The predicted octanol–water partition coefficient (Wildman–Crippen LogP) is 9.03. The molecule has 240 valence electrons. The fourth-order valence-corrected chi connectivity index (χ4v) is 6.39. The van der Waals surface area contributed by atoms with Gasteiger partial charge in [-0.2, -0.15) is 10.2 Å². The van der Waals surface area contributed by atoms with E-state index in [4.69, 9.17) is 4.74 Å². The fraction of sp³-hybridized carbons (Fsp3) is 0.158. The van der Waals surface area contributed by atoms with E-state index in [1.54, 1.807) is 12.4 Å². The van der Waals surface area contributed by atoms with Crippen molar-refractivity contribution in [3.63, 3.8) is 0 Å². The van der Waals surface area contributed by atoms with Crippen LogP contribution in [0.4, 0.5) is 0 Å². The zero-order valence-corrected chi connectivity index (χ0v) is 28.3. The molecule has 6 heterocycles. The second kappa shape index (κ2) is 13.6. The maximum atomic E-state index is 5.95. The largest absolute Gasteiger partial charge is 0.361 e.